The molecule has 3 nitrogen and oxygen atoms in total. The molecule has 2 fully saturated rings. The van der Waals surface area contributed by atoms with Gasteiger partial charge in [-0.3, -0.25) is 4.79 Å². The van der Waals surface area contributed by atoms with Crippen LogP contribution in [-0.2, 0) is 4.79 Å². The topological polar surface area (TPSA) is 41.1 Å². The predicted molar refractivity (Wildman–Crippen MR) is 74.4 cm³/mol. The summed E-state index contributed by atoms with van der Waals surface area (Å²) in [4.78, 5) is 12.5. The summed E-state index contributed by atoms with van der Waals surface area (Å²) in [5.74, 6) is 0.929. The Bertz CT molecular complexity index is 278. The van der Waals surface area contributed by atoms with E-state index in [9.17, 15) is 4.79 Å². The van der Waals surface area contributed by atoms with Crippen molar-refractivity contribution in [3.8, 4) is 0 Å². The van der Waals surface area contributed by atoms with Crippen molar-refractivity contribution in [2.24, 2.45) is 5.92 Å². The summed E-state index contributed by atoms with van der Waals surface area (Å²) in [5.41, 5.74) is -0.275. The third-order valence-electron chi connectivity index (χ3n) is 5.00. The monoisotopic (exact) mass is 252 g/mol. The molecule has 2 unspecified atom stereocenters. The van der Waals surface area contributed by atoms with Gasteiger partial charge in [0.25, 0.3) is 0 Å². The number of hydrogen-bond acceptors (Lipinski definition) is 2. The zero-order valence-electron chi connectivity index (χ0n) is 11.9. The molecule has 1 aliphatic carbocycles. The highest BCUT2D eigenvalue weighted by atomic mass is 16.2. The molecule has 3 heteroatoms. The Hall–Kier alpha value is -0.570. The summed E-state index contributed by atoms with van der Waals surface area (Å²) >= 11 is 0. The van der Waals surface area contributed by atoms with Crippen molar-refractivity contribution >= 4 is 5.91 Å². The lowest BCUT2D eigenvalue weighted by molar-refractivity contribution is -0.128. The van der Waals surface area contributed by atoms with E-state index in [1.807, 2.05) is 0 Å². The standard InChI is InChI=1S/C15H28N2O/c1-3-15(10-7-11-16-15)14(18)17-12(2)13-8-5-4-6-9-13/h12-13,16H,3-11H2,1-2H3,(H,17,18). The van der Waals surface area contributed by atoms with Crippen LogP contribution >= 0.6 is 0 Å². The molecular weight excluding hydrogens is 224 g/mol. The van der Waals surface area contributed by atoms with Gasteiger partial charge in [0.15, 0.2) is 0 Å². The summed E-state index contributed by atoms with van der Waals surface area (Å²) in [7, 11) is 0. The van der Waals surface area contributed by atoms with E-state index in [4.69, 9.17) is 0 Å². The third-order valence-corrected chi connectivity index (χ3v) is 5.00. The maximum Gasteiger partial charge on any atom is 0.240 e. The second kappa shape index (κ2) is 6.05. The molecule has 0 aromatic rings. The first-order chi connectivity index (χ1) is 8.68. The predicted octanol–water partition coefficient (Wildman–Crippen LogP) is 2.60. The van der Waals surface area contributed by atoms with Gasteiger partial charge in [0.05, 0.1) is 5.54 Å². The first kappa shape index (κ1) is 13.9. The van der Waals surface area contributed by atoms with Gasteiger partial charge >= 0.3 is 0 Å². The lowest BCUT2D eigenvalue weighted by Crippen LogP contribution is -2.56. The molecular formula is C15H28N2O. The van der Waals surface area contributed by atoms with Crippen molar-refractivity contribution in [3.05, 3.63) is 0 Å². The first-order valence-corrected chi connectivity index (χ1v) is 7.74. The summed E-state index contributed by atoms with van der Waals surface area (Å²) < 4.78 is 0. The first-order valence-electron chi connectivity index (χ1n) is 7.74. The molecule has 2 aliphatic rings. The van der Waals surface area contributed by atoms with E-state index >= 15 is 0 Å². The molecule has 0 aromatic heterocycles. The lowest BCUT2D eigenvalue weighted by atomic mass is 9.84. The second-order valence-corrected chi connectivity index (χ2v) is 6.13. The minimum Gasteiger partial charge on any atom is -0.352 e. The molecule has 18 heavy (non-hydrogen) atoms. The summed E-state index contributed by atoms with van der Waals surface area (Å²) in [6.07, 6.45) is 9.63. The SMILES string of the molecule is CCC1(C(=O)NC(C)C2CCCCC2)CCCN1. The zero-order valence-corrected chi connectivity index (χ0v) is 11.9. The molecule has 1 aliphatic heterocycles. The highest BCUT2D eigenvalue weighted by molar-refractivity contribution is 5.86. The highest BCUT2D eigenvalue weighted by Gasteiger charge is 2.40. The number of carbonyl (C=O) groups is 1. The van der Waals surface area contributed by atoms with Crippen molar-refractivity contribution in [3.63, 3.8) is 0 Å². The second-order valence-electron chi connectivity index (χ2n) is 6.13. The van der Waals surface area contributed by atoms with Crippen molar-refractivity contribution in [2.45, 2.75) is 76.8 Å². The van der Waals surface area contributed by atoms with E-state index in [2.05, 4.69) is 24.5 Å². The molecule has 0 radical (unpaired) electrons. The van der Waals surface area contributed by atoms with Crippen LogP contribution in [0.1, 0.15) is 65.2 Å². The van der Waals surface area contributed by atoms with Crippen LogP contribution in [0, 0.1) is 5.92 Å². The van der Waals surface area contributed by atoms with E-state index in [1.165, 1.54) is 32.1 Å². The van der Waals surface area contributed by atoms with Crippen LogP contribution in [0.5, 0.6) is 0 Å². The summed E-state index contributed by atoms with van der Waals surface area (Å²) in [6, 6.07) is 0.337. The summed E-state index contributed by atoms with van der Waals surface area (Å²) in [6.45, 7) is 5.29. The van der Waals surface area contributed by atoms with Gasteiger partial charge in [-0.15, -0.1) is 0 Å². The lowest BCUT2D eigenvalue weighted by Gasteiger charge is -2.33. The molecule has 1 amide bonds. The summed E-state index contributed by atoms with van der Waals surface area (Å²) in [5, 5.41) is 6.70. The van der Waals surface area contributed by atoms with E-state index < -0.39 is 0 Å². The Morgan fingerprint density at radius 2 is 2.06 bits per heavy atom. The van der Waals surface area contributed by atoms with Gasteiger partial charge in [0, 0.05) is 6.04 Å². The number of nitrogens with one attached hydrogen (secondary N) is 2. The number of carbonyl (C=O) groups excluding carboxylic acids is 1. The molecule has 104 valence electrons. The third kappa shape index (κ3) is 2.87. The average molecular weight is 252 g/mol. The molecule has 2 N–H and O–H groups in total. The van der Waals surface area contributed by atoms with Crippen LogP contribution in [0.4, 0.5) is 0 Å². The van der Waals surface area contributed by atoms with E-state index in [-0.39, 0.29) is 11.4 Å². The van der Waals surface area contributed by atoms with Crippen LogP contribution < -0.4 is 10.6 Å². The number of rotatable bonds is 4. The highest BCUT2D eigenvalue weighted by Crippen LogP contribution is 2.28. The molecule has 2 atom stereocenters. The van der Waals surface area contributed by atoms with E-state index in [1.54, 1.807) is 0 Å². The van der Waals surface area contributed by atoms with E-state index in [0.717, 1.165) is 25.8 Å². The normalized spacial score (nSPS) is 31.2. The van der Waals surface area contributed by atoms with Gasteiger partial charge in [0.1, 0.15) is 0 Å². The van der Waals surface area contributed by atoms with Crippen molar-refractivity contribution in [1.29, 1.82) is 0 Å². The number of amides is 1. The van der Waals surface area contributed by atoms with Crippen LogP contribution in [0.15, 0.2) is 0 Å². The van der Waals surface area contributed by atoms with Crippen LogP contribution in [0.2, 0.25) is 0 Å². The molecule has 1 saturated heterocycles. The minimum absolute atomic E-state index is 0.237. The van der Waals surface area contributed by atoms with Gasteiger partial charge in [-0.1, -0.05) is 26.2 Å². The average Bonchev–Trinajstić information content (AvgIpc) is 2.89. The van der Waals surface area contributed by atoms with Crippen LogP contribution in [0.25, 0.3) is 0 Å². The van der Waals surface area contributed by atoms with Crippen molar-refractivity contribution < 1.29 is 4.79 Å². The quantitative estimate of drug-likeness (QED) is 0.807. The molecule has 0 spiro atoms. The zero-order chi connectivity index (χ0) is 13.0. The smallest absolute Gasteiger partial charge is 0.240 e. The molecule has 1 heterocycles. The fourth-order valence-electron chi connectivity index (χ4n) is 3.56. The molecule has 0 bridgehead atoms. The molecule has 0 aromatic carbocycles. The van der Waals surface area contributed by atoms with E-state index in [0.29, 0.717) is 12.0 Å². The maximum atomic E-state index is 12.5. The van der Waals surface area contributed by atoms with Gasteiger partial charge in [-0.2, -0.15) is 0 Å². The Morgan fingerprint density at radius 3 is 2.61 bits per heavy atom. The van der Waals surface area contributed by atoms with Gasteiger partial charge in [-0.25, -0.2) is 0 Å². The maximum absolute atomic E-state index is 12.5. The van der Waals surface area contributed by atoms with Gasteiger partial charge in [-0.05, 0) is 51.5 Å². The Morgan fingerprint density at radius 1 is 1.33 bits per heavy atom. The van der Waals surface area contributed by atoms with Crippen molar-refractivity contribution in [1.82, 2.24) is 10.6 Å². The molecule has 2 rings (SSSR count). The molecule has 1 saturated carbocycles. The van der Waals surface area contributed by atoms with Crippen molar-refractivity contribution in [2.75, 3.05) is 6.54 Å². The fraction of sp³-hybridized carbons (Fsp3) is 0.933. The van der Waals surface area contributed by atoms with Crippen LogP contribution in [-0.4, -0.2) is 24.0 Å². The van der Waals surface area contributed by atoms with Crippen LogP contribution in [0.3, 0.4) is 0 Å². The largest absolute Gasteiger partial charge is 0.352 e. The Kier molecular flexibility index (Phi) is 4.66. The van der Waals surface area contributed by atoms with Gasteiger partial charge < -0.3 is 10.6 Å². The Balaban J connectivity index is 1.89. The number of hydrogen-bond donors (Lipinski definition) is 2. The van der Waals surface area contributed by atoms with Gasteiger partial charge in [0.2, 0.25) is 5.91 Å². The Labute approximate surface area is 111 Å². The fourth-order valence-corrected chi connectivity index (χ4v) is 3.56. The minimum atomic E-state index is -0.275.